The number of hydrogen-bond acceptors (Lipinski definition) is 2. The molecule has 0 radical (unpaired) electrons. The van der Waals surface area contributed by atoms with Crippen molar-refractivity contribution in [2.45, 2.75) is 32.2 Å². The van der Waals surface area contributed by atoms with Crippen LogP contribution in [0.4, 0.5) is 0 Å². The Hall–Kier alpha value is -0.570. The van der Waals surface area contributed by atoms with Gasteiger partial charge in [-0.25, -0.2) is 0 Å². The van der Waals surface area contributed by atoms with Gasteiger partial charge in [0.05, 0.1) is 16.1 Å². The van der Waals surface area contributed by atoms with E-state index in [4.69, 9.17) is 28.9 Å². The van der Waals surface area contributed by atoms with Gasteiger partial charge in [0.15, 0.2) is 5.78 Å². The molecule has 1 aromatic rings. The molecule has 0 aliphatic rings. The number of hydrogen-bond donors (Lipinski definition) is 1. The van der Waals surface area contributed by atoms with Crippen LogP contribution in [0.25, 0.3) is 0 Å². The van der Waals surface area contributed by atoms with Crippen LogP contribution in [0.15, 0.2) is 18.2 Å². The maximum absolute atomic E-state index is 11.7. The molecule has 0 aromatic heterocycles. The number of halogens is 2. The van der Waals surface area contributed by atoms with Crippen LogP contribution in [0.3, 0.4) is 0 Å². The zero-order valence-corrected chi connectivity index (χ0v) is 10.7. The first kappa shape index (κ1) is 13.5. The number of carbonyl (C=O) groups is 1. The van der Waals surface area contributed by atoms with Crippen LogP contribution in [0.5, 0.6) is 0 Å². The number of benzene rings is 1. The third-order valence-electron chi connectivity index (χ3n) is 2.41. The molecule has 2 N–H and O–H groups in total. The molecule has 0 aliphatic heterocycles. The average molecular weight is 260 g/mol. The molecule has 1 unspecified atom stereocenters. The van der Waals surface area contributed by atoms with E-state index in [2.05, 4.69) is 0 Å². The molecule has 0 heterocycles. The van der Waals surface area contributed by atoms with Crippen molar-refractivity contribution in [2.24, 2.45) is 5.73 Å². The fraction of sp³-hybridized carbons (Fsp3) is 0.417. The smallest absolute Gasteiger partial charge is 0.153 e. The largest absolute Gasteiger partial charge is 0.321 e. The normalized spacial score (nSPS) is 12.5. The lowest BCUT2D eigenvalue weighted by molar-refractivity contribution is -0.119. The van der Waals surface area contributed by atoms with E-state index < -0.39 is 6.04 Å². The highest BCUT2D eigenvalue weighted by atomic mass is 35.5. The molecule has 88 valence electrons. The second-order valence-corrected chi connectivity index (χ2v) is 4.54. The quantitative estimate of drug-likeness (QED) is 0.883. The van der Waals surface area contributed by atoms with Crippen molar-refractivity contribution in [2.75, 3.05) is 0 Å². The molecule has 2 nitrogen and oxygen atoms in total. The number of carbonyl (C=O) groups excluding carboxylic acids is 1. The summed E-state index contributed by atoms with van der Waals surface area (Å²) < 4.78 is 0. The van der Waals surface area contributed by atoms with Gasteiger partial charge in [-0.15, -0.1) is 0 Å². The van der Waals surface area contributed by atoms with Crippen LogP contribution in [0, 0.1) is 0 Å². The van der Waals surface area contributed by atoms with Crippen LogP contribution in [-0.4, -0.2) is 11.8 Å². The molecule has 0 saturated heterocycles. The van der Waals surface area contributed by atoms with Crippen molar-refractivity contribution in [3.8, 4) is 0 Å². The summed E-state index contributed by atoms with van der Waals surface area (Å²) in [6.07, 6.45) is 1.85. The summed E-state index contributed by atoms with van der Waals surface area (Å²) in [7, 11) is 0. The van der Waals surface area contributed by atoms with E-state index in [1.807, 2.05) is 6.92 Å². The summed E-state index contributed by atoms with van der Waals surface area (Å²) in [5.74, 6) is 0.00557. The van der Waals surface area contributed by atoms with Crippen molar-refractivity contribution in [3.63, 3.8) is 0 Å². The summed E-state index contributed by atoms with van der Waals surface area (Å²) in [5, 5.41) is 0.914. The van der Waals surface area contributed by atoms with Crippen molar-refractivity contribution in [1.29, 1.82) is 0 Å². The van der Waals surface area contributed by atoms with E-state index in [9.17, 15) is 4.79 Å². The molecule has 0 aliphatic carbocycles. The fourth-order valence-electron chi connectivity index (χ4n) is 1.48. The highest BCUT2D eigenvalue weighted by molar-refractivity contribution is 6.42. The Morgan fingerprint density at radius 1 is 1.44 bits per heavy atom. The topological polar surface area (TPSA) is 43.1 Å². The molecule has 4 heteroatoms. The van der Waals surface area contributed by atoms with Crippen molar-refractivity contribution < 1.29 is 4.79 Å². The Balaban J connectivity index is 2.73. The van der Waals surface area contributed by atoms with Crippen molar-refractivity contribution >= 4 is 29.0 Å². The molecular weight excluding hydrogens is 245 g/mol. The van der Waals surface area contributed by atoms with Gasteiger partial charge in [-0.2, -0.15) is 0 Å². The van der Waals surface area contributed by atoms with E-state index >= 15 is 0 Å². The Kier molecular flexibility index (Phi) is 5.26. The first-order chi connectivity index (χ1) is 7.56. The summed E-state index contributed by atoms with van der Waals surface area (Å²) in [6, 6.07) is 4.87. The second-order valence-electron chi connectivity index (χ2n) is 3.75. The van der Waals surface area contributed by atoms with E-state index in [1.54, 1.807) is 18.2 Å². The van der Waals surface area contributed by atoms with Crippen LogP contribution in [0.2, 0.25) is 10.0 Å². The van der Waals surface area contributed by atoms with Crippen LogP contribution in [0.1, 0.15) is 25.3 Å². The van der Waals surface area contributed by atoms with Crippen LogP contribution in [-0.2, 0) is 11.2 Å². The predicted molar refractivity (Wildman–Crippen MR) is 68.1 cm³/mol. The Morgan fingerprint density at radius 3 is 2.75 bits per heavy atom. The molecular formula is C12H15Cl2NO. The number of rotatable bonds is 5. The zero-order valence-electron chi connectivity index (χ0n) is 9.17. The molecule has 0 amide bonds. The molecule has 0 saturated carbocycles. The molecule has 0 bridgehead atoms. The lowest BCUT2D eigenvalue weighted by atomic mass is 10.0. The maximum Gasteiger partial charge on any atom is 0.153 e. The third kappa shape index (κ3) is 3.48. The summed E-state index contributed by atoms with van der Waals surface area (Å²) in [6.45, 7) is 2.00. The van der Waals surface area contributed by atoms with Gasteiger partial charge in [0.2, 0.25) is 0 Å². The van der Waals surface area contributed by atoms with Gasteiger partial charge >= 0.3 is 0 Å². The Bertz CT molecular complexity index is 379. The molecule has 1 rings (SSSR count). The van der Waals surface area contributed by atoms with Crippen LogP contribution < -0.4 is 5.73 Å². The summed E-state index contributed by atoms with van der Waals surface area (Å²) in [5.41, 5.74) is 6.48. The lowest BCUT2D eigenvalue weighted by Crippen LogP contribution is -2.31. The molecule has 0 fully saturated rings. The van der Waals surface area contributed by atoms with E-state index in [0.717, 1.165) is 12.0 Å². The van der Waals surface area contributed by atoms with Gasteiger partial charge in [0.1, 0.15) is 0 Å². The van der Waals surface area contributed by atoms with Gasteiger partial charge in [0.25, 0.3) is 0 Å². The molecule has 1 aromatic carbocycles. The lowest BCUT2D eigenvalue weighted by Gasteiger charge is -2.10. The number of Topliss-reactive ketones (excluding diaryl/α,β-unsaturated/α-hetero) is 1. The molecule has 0 spiro atoms. The second kappa shape index (κ2) is 6.24. The monoisotopic (exact) mass is 259 g/mol. The van der Waals surface area contributed by atoms with E-state index in [0.29, 0.717) is 16.5 Å². The average Bonchev–Trinajstić information content (AvgIpc) is 2.25. The van der Waals surface area contributed by atoms with Gasteiger partial charge < -0.3 is 5.73 Å². The maximum atomic E-state index is 11.7. The summed E-state index contributed by atoms with van der Waals surface area (Å²) in [4.78, 5) is 11.7. The van der Waals surface area contributed by atoms with Gasteiger partial charge in [-0.3, -0.25) is 4.79 Å². The minimum absolute atomic E-state index is 0.00557. The predicted octanol–water partition coefficient (Wildman–Crippen LogP) is 3.23. The SMILES string of the molecule is CCCC(N)C(=O)Cc1cccc(Cl)c1Cl. The highest BCUT2D eigenvalue weighted by Gasteiger charge is 2.15. The first-order valence-electron chi connectivity index (χ1n) is 5.27. The third-order valence-corrected chi connectivity index (χ3v) is 3.27. The molecule has 16 heavy (non-hydrogen) atoms. The standard InChI is InChI=1S/C12H15Cl2NO/c1-2-4-10(15)11(16)7-8-5-3-6-9(13)12(8)14/h3,5-6,10H,2,4,7,15H2,1H3. The van der Waals surface area contributed by atoms with E-state index in [1.165, 1.54) is 0 Å². The van der Waals surface area contributed by atoms with Crippen LogP contribution >= 0.6 is 23.2 Å². The minimum Gasteiger partial charge on any atom is -0.321 e. The van der Waals surface area contributed by atoms with Crippen molar-refractivity contribution in [3.05, 3.63) is 33.8 Å². The highest BCUT2D eigenvalue weighted by Crippen LogP contribution is 2.26. The Labute approximate surface area is 106 Å². The fourth-order valence-corrected chi connectivity index (χ4v) is 1.86. The van der Waals surface area contributed by atoms with Gasteiger partial charge in [0, 0.05) is 6.42 Å². The first-order valence-corrected chi connectivity index (χ1v) is 6.03. The van der Waals surface area contributed by atoms with Crippen molar-refractivity contribution in [1.82, 2.24) is 0 Å². The van der Waals surface area contributed by atoms with Gasteiger partial charge in [-0.05, 0) is 18.1 Å². The van der Waals surface area contributed by atoms with Gasteiger partial charge in [-0.1, -0.05) is 48.7 Å². The minimum atomic E-state index is -0.403. The van der Waals surface area contributed by atoms with E-state index in [-0.39, 0.29) is 12.2 Å². The number of ketones is 1. The Morgan fingerprint density at radius 2 is 2.12 bits per heavy atom. The number of nitrogens with two attached hydrogens (primary N) is 1. The zero-order chi connectivity index (χ0) is 12.1. The molecule has 1 atom stereocenters. The summed E-state index contributed by atoms with van der Waals surface area (Å²) >= 11 is 11.9.